The molecule has 0 saturated heterocycles. The standard InChI is InChI=1S/C45H30O/c1-44(29-15-3-2-4-16-29)38-25-11-12-28-41(38)46-43-33(21-14-27-40(43)44)32-20-13-26-39-42(32)34-19-7-10-24-37(34)45(39)35-22-8-5-17-30(35)31-18-6-9-23-36(31)45/h2-28H,1H3. The fourth-order valence-corrected chi connectivity index (χ4v) is 8.93. The molecule has 1 heterocycles. The van der Waals surface area contributed by atoms with Crippen LogP contribution in [0.3, 0.4) is 0 Å². The van der Waals surface area contributed by atoms with E-state index in [9.17, 15) is 0 Å². The van der Waals surface area contributed by atoms with Gasteiger partial charge in [0.05, 0.1) is 5.41 Å². The molecule has 1 nitrogen and oxygen atoms in total. The van der Waals surface area contributed by atoms with Gasteiger partial charge in [0, 0.05) is 22.1 Å². The minimum atomic E-state index is -0.379. The van der Waals surface area contributed by atoms with Gasteiger partial charge in [-0.15, -0.1) is 0 Å². The summed E-state index contributed by atoms with van der Waals surface area (Å²) in [5, 5.41) is 0. The van der Waals surface area contributed by atoms with Gasteiger partial charge in [-0.2, -0.15) is 0 Å². The molecular weight excluding hydrogens is 556 g/mol. The molecule has 0 amide bonds. The van der Waals surface area contributed by atoms with E-state index in [1.807, 2.05) is 0 Å². The summed E-state index contributed by atoms with van der Waals surface area (Å²) in [6.07, 6.45) is 0. The summed E-state index contributed by atoms with van der Waals surface area (Å²) in [6, 6.07) is 60.0. The summed E-state index contributed by atoms with van der Waals surface area (Å²) in [5.74, 6) is 1.85. The minimum absolute atomic E-state index is 0.373. The molecule has 1 unspecified atom stereocenters. The molecule has 1 aliphatic heterocycles. The third kappa shape index (κ3) is 3.05. The number of rotatable bonds is 2. The second kappa shape index (κ2) is 9.19. The lowest BCUT2D eigenvalue weighted by Gasteiger charge is -2.39. The van der Waals surface area contributed by atoms with Gasteiger partial charge in [-0.25, -0.2) is 0 Å². The minimum Gasteiger partial charge on any atom is -0.456 e. The van der Waals surface area contributed by atoms with Crippen LogP contribution in [-0.4, -0.2) is 0 Å². The lowest BCUT2D eigenvalue weighted by molar-refractivity contribution is 0.429. The molecule has 1 spiro atoms. The van der Waals surface area contributed by atoms with E-state index in [1.165, 1.54) is 66.8 Å². The summed E-state index contributed by atoms with van der Waals surface area (Å²) in [7, 11) is 0. The molecule has 2 aliphatic carbocycles. The van der Waals surface area contributed by atoms with Crippen LogP contribution >= 0.6 is 0 Å². The van der Waals surface area contributed by atoms with E-state index in [0.717, 1.165) is 17.1 Å². The molecule has 0 saturated carbocycles. The number of benzene rings is 7. The third-order valence-corrected chi connectivity index (χ3v) is 10.9. The molecule has 216 valence electrons. The van der Waals surface area contributed by atoms with Gasteiger partial charge in [0.2, 0.25) is 0 Å². The maximum atomic E-state index is 6.96. The maximum absolute atomic E-state index is 6.96. The third-order valence-electron chi connectivity index (χ3n) is 10.9. The zero-order valence-electron chi connectivity index (χ0n) is 25.5. The lowest BCUT2D eigenvalue weighted by Crippen LogP contribution is -2.29. The quantitative estimate of drug-likeness (QED) is 0.196. The first-order valence-electron chi connectivity index (χ1n) is 16.1. The molecule has 0 aromatic heterocycles. The average Bonchev–Trinajstić information content (AvgIpc) is 3.60. The number of hydrogen-bond donors (Lipinski definition) is 0. The van der Waals surface area contributed by atoms with E-state index in [0.29, 0.717) is 0 Å². The second-order valence-corrected chi connectivity index (χ2v) is 12.9. The van der Waals surface area contributed by atoms with Crippen LogP contribution < -0.4 is 4.74 Å². The van der Waals surface area contributed by atoms with Gasteiger partial charge in [-0.05, 0) is 68.6 Å². The van der Waals surface area contributed by atoms with Crippen LogP contribution in [-0.2, 0) is 10.8 Å². The molecule has 1 heteroatoms. The topological polar surface area (TPSA) is 9.23 Å². The van der Waals surface area contributed by atoms with Crippen LogP contribution in [0.2, 0.25) is 0 Å². The fourth-order valence-electron chi connectivity index (χ4n) is 8.93. The molecule has 1 atom stereocenters. The van der Waals surface area contributed by atoms with E-state index in [-0.39, 0.29) is 10.8 Å². The van der Waals surface area contributed by atoms with E-state index in [2.05, 4.69) is 171 Å². The van der Waals surface area contributed by atoms with E-state index in [1.54, 1.807) is 0 Å². The molecule has 0 fully saturated rings. The Morgan fingerprint density at radius 2 is 0.848 bits per heavy atom. The average molecular weight is 587 g/mol. The van der Waals surface area contributed by atoms with Crippen molar-refractivity contribution in [2.24, 2.45) is 0 Å². The Morgan fingerprint density at radius 1 is 0.370 bits per heavy atom. The molecule has 10 rings (SSSR count). The number of ether oxygens (including phenoxy) is 1. The van der Waals surface area contributed by atoms with E-state index < -0.39 is 0 Å². The fraction of sp³-hybridized carbons (Fsp3) is 0.0667. The highest BCUT2D eigenvalue weighted by Crippen LogP contribution is 2.64. The predicted octanol–water partition coefficient (Wildman–Crippen LogP) is 11.2. The van der Waals surface area contributed by atoms with Crippen molar-refractivity contribution < 1.29 is 4.74 Å². The Bertz CT molecular complexity index is 2320. The second-order valence-electron chi connectivity index (χ2n) is 12.9. The molecule has 0 bridgehead atoms. The van der Waals surface area contributed by atoms with Crippen molar-refractivity contribution in [3.05, 3.63) is 203 Å². The van der Waals surface area contributed by atoms with Gasteiger partial charge in [0.25, 0.3) is 0 Å². The van der Waals surface area contributed by atoms with Crippen LogP contribution in [0.15, 0.2) is 164 Å². The van der Waals surface area contributed by atoms with Crippen molar-refractivity contribution in [1.82, 2.24) is 0 Å². The highest BCUT2D eigenvalue weighted by Gasteiger charge is 2.52. The Kier molecular flexibility index (Phi) is 5.12. The first-order valence-corrected chi connectivity index (χ1v) is 16.1. The number of hydrogen-bond acceptors (Lipinski definition) is 1. The Balaban J connectivity index is 1.29. The molecule has 7 aromatic carbocycles. The van der Waals surface area contributed by atoms with Gasteiger partial charge in [-0.3, -0.25) is 0 Å². The molecule has 46 heavy (non-hydrogen) atoms. The van der Waals surface area contributed by atoms with Crippen molar-refractivity contribution in [3.8, 4) is 44.9 Å². The Morgan fingerprint density at radius 3 is 1.54 bits per heavy atom. The van der Waals surface area contributed by atoms with Crippen LogP contribution in [0, 0.1) is 0 Å². The monoisotopic (exact) mass is 586 g/mol. The number of fused-ring (bicyclic) bond motifs is 12. The molecule has 0 N–H and O–H groups in total. The smallest absolute Gasteiger partial charge is 0.139 e. The maximum Gasteiger partial charge on any atom is 0.139 e. The zero-order valence-corrected chi connectivity index (χ0v) is 25.5. The van der Waals surface area contributed by atoms with Crippen LogP contribution in [0.25, 0.3) is 33.4 Å². The normalized spacial score (nSPS) is 17.2. The largest absolute Gasteiger partial charge is 0.456 e. The molecule has 7 aromatic rings. The molecule has 3 aliphatic rings. The van der Waals surface area contributed by atoms with Crippen molar-refractivity contribution >= 4 is 0 Å². The van der Waals surface area contributed by atoms with E-state index >= 15 is 0 Å². The summed E-state index contributed by atoms with van der Waals surface area (Å²) in [4.78, 5) is 0. The van der Waals surface area contributed by atoms with Crippen molar-refractivity contribution in [2.45, 2.75) is 17.8 Å². The molecular formula is C45H30O. The summed E-state index contributed by atoms with van der Waals surface area (Å²) in [5.41, 5.74) is 15.8. The van der Waals surface area contributed by atoms with Gasteiger partial charge < -0.3 is 4.74 Å². The van der Waals surface area contributed by atoms with E-state index in [4.69, 9.17) is 4.74 Å². The lowest BCUT2D eigenvalue weighted by atomic mass is 9.68. The van der Waals surface area contributed by atoms with Crippen LogP contribution in [0.4, 0.5) is 0 Å². The Hall–Kier alpha value is -5.66. The summed E-state index contributed by atoms with van der Waals surface area (Å²) in [6.45, 7) is 2.35. The highest BCUT2D eigenvalue weighted by molar-refractivity contribution is 6.00. The highest BCUT2D eigenvalue weighted by atomic mass is 16.5. The summed E-state index contributed by atoms with van der Waals surface area (Å²) >= 11 is 0. The van der Waals surface area contributed by atoms with Gasteiger partial charge in [-0.1, -0.05) is 158 Å². The zero-order chi connectivity index (χ0) is 30.5. The van der Waals surface area contributed by atoms with Gasteiger partial charge in [0.1, 0.15) is 11.5 Å². The predicted molar refractivity (Wildman–Crippen MR) is 187 cm³/mol. The summed E-state index contributed by atoms with van der Waals surface area (Å²) < 4.78 is 6.96. The molecule has 0 radical (unpaired) electrons. The Labute approximate surface area is 269 Å². The first kappa shape index (κ1) is 25.6. The van der Waals surface area contributed by atoms with Crippen molar-refractivity contribution in [2.75, 3.05) is 0 Å². The number of para-hydroxylation sites is 2. The van der Waals surface area contributed by atoms with Crippen LogP contribution in [0.5, 0.6) is 11.5 Å². The van der Waals surface area contributed by atoms with Crippen LogP contribution in [0.1, 0.15) is 45.9 Å². The first-order chi connectivity index (χ1) is 22.7. The van der Waals surface area contributed by atoms with Crippen molar-refractivity contribution in [3.63, 3.8) is 0 Å². The van der Waals surface area contributed by atoms with Gasteiger partial charge >= 0.3 is 0 Å². The van der Waals surface area contributed by atoms with Crippen molar-refractivity contribution in [1.29, 1.82) is 0 Å². The van der Waals surface area contributed by atoms with Gasteiger partial charge in [0.15, 0.2) is 0 Å². The SMILES string of the molecule is CC1(c2ccccc2)c2ccccc2Oc2c(-c3cccc4c3-c3ccccc3C43c4ccccc4-c4ccccc43)cccc21.